The zero-order valence-corrected chi connectivity index (χ0v) is 9.14. The molecule has 0 aromatic carbocycles. The van der Waals surface area contributed by atoms with Gasteiger partial charge in [0.25, 0.3) is 5.91 Å². The van der Waals surface area contributed by atoms with E-state index >= 15 is 0 Å². The maximum atomic E-state index is 11.5. The van der Waals surface area contributed by atoms with Crippen LogP contribution >= 0.6 is 11.8 Å². The number of anilines is 1. The van der Waals surface area contributed by atoms with Gasteiger partial charge in [-0.15, -0.1) is 6.58 Å². The van der Waals surface area contributed by atoms with Crippen molar-refractivity contribution in [1.82, 2.24) is 15.5 Å². The van der Waals surface area contributed by atoms with Crippen molar-refractivity contribution < 1.29 is 4.79 Å². The van der Waals surface area contributed by atoms with Gasteiger partial charge in [-0.2, -0.15) is 16.9 Å². The van der Waals surface area contributed by atoms with Crippen LogP contribution in [0.3, 0.4) is 0 Å². The lowest BCUT2D eigenvalue weighted by Crippen LogP contribution is -2.26. The Labute approximate surface area is 92.5 Å². The zero-order chi connectivity index (χ0) is 11.1. The Morgan fingerprint density at radius 3 is 3.20 bits per heavy atom. The molecule has 5 nitrogen and oxygen atoms in total. The van der Waals surface area contributed by atoms with E-state index < -0.39 is 0 Å². The molecular weight excluding hydrogens is 212 g/mol. The summed E-state index contributed by atoms with van der Waals surface area (Å²) >= 11 is 1.71. The minimum atomic E-state index is -0.218. The summed E-state index contributed by atoms with van der Waals surface area (Å²) in [4.78, 5) is 11.5. The minimum absolute atomic E-state index is 0.218. The van der Waals surface area contributed by atoms with Crippen LogP contribution in [-0.4, -0.2) is 34.2 Å². The summed E-state index contributed by atoms with van der Waals surface area (Å²) in [7, 11) is 0. The third-order valence-corrected chi connectivity index (χ3v) is 2.63. The lowest BCUT2D eigenvalue weighted by Gasteiger charge is -2.02. The monoisotopic (exact) mass is 226 g/mol. The van der Waals surface area contributed by atoms with E-state index in [1.54, 1.807) is 11.8 Å². The molecule has 0 aliphatic heterocycles. The molecule has 1 aromatic heterocycles. The summed E-state index contributed by atoms with van der Waals surface area (Å²) in [5, 5.41) is 8.96. The number of H-pyrrole nitrogens is 1. The number of nitrogens with one attached hydrogen (secondary N) is 2. The maximum Gasteiger partial charge on any atom is 0.271 e. The van der Waals surface area contributed by atoms with E-state index in [2.05, 4.69) is 22.1 Å². The second-order valence-corrected chi connectivity index (χ2v) is 3.97. The second-order valence-electron chi connectivity index (χ2n) is 2.82. The summed E-state index contributed by atoms with van der Waals surface area (Å²) in [6.45, 7) is 4.21. The van der Waals surface area contributed by atoms with E-state index in [-0.39, 0.29) is 5.91 Å². The topological polar surface area (TPSA) is 83.8 Å². The number of amides is 1. The van der Waals surface area contributed by atoms with E-state index in [0.29, 0.717) is 17.9 Å². The van der Waals surface area contributed by atoms with Crippen molar-refractivity contribution in [2.24, 2.45) is 0 Å². The van der Waals surface area contributed by atoms with Crippen LogP contribution in [0.2, 0.25) is 0 Å². The Morgan fingerprint density at radius 2 is 2.60 bits per heavy atom. The van der Waals surface area contributed by atoms with Crippen molar-refractivity contribution in [2.45, 2.75) is 0 Å². The lowest BCUT2D eigenvalue weighted by atomic mass is 10.3. The molecule has 1 rings (SSSR count). The molecule has 0 aliphatic carbocycles. The van der Waals surface area contributed by atoms with E-state index in [0.717, 1.165) is 11.5 Å². The molecule has 0 spiro atoms. The fourth-order valence-electron chi connectivity index (χ4n) is 0.969. The molecule has 6 heteroatoms. The molecule has 1 aromatic rings. The van der Waals surface area contributed by atoms with Gasteiger partial charge in [0.2, 0.25) is 0 Å². The molecule has 0 atom stereocenters. The largest absolute Gasteiger partial charge is 0.396 e. The Kier molecular flexibility index (Phi) is 4.76. The highest BCUT2D eigenvalue weighted by Crippen LogP contribution is 2.05. The van der Waals surface area contributed by atoms with Crippen molar-refractivity contribution in [3.05, 3.63) is 24.5 Å². The van der Waals surface area contributed by atoms with Crippen molar-refractivity contribution in [3.63, 3.8) is 0 Å². The van der Waals surface area contributed by atoms with Crippen LogP contribution in [0.1, 0.15) is 10.5 Å². The molecule has 1 amide bonds. The van der Waals surface area contributed by atoms with Gasteiger partial charge in [0.05, 0.1) is 11.9 Å². The lowest BCUT2D eigenvalue weighted by molar-refractivity contribution is 0.0952. The first-order valence-corrected chi connectivity index (χ1v) is 5.67. The average Bonchev–Trinajstić information content (AvgIpc) is 2.64. The zero-order valence-electron chi connectivity index (χ0n) is 8.32. The number of rotatable bonds is 6. The number of thioether (sulfide) groups is 1. The first-order valence-electron chi connectivity index (χ1n) is 4.51. The van der Waals surface area contributed by atoms with Crippen molar-refractivity contribution in [1.29, 1.82) is 0 Å². The predicted molar refractivity (Wildman–Crippen MR) is 62.9 cm³/mol. The van der Waals surface area contributed by atoms with Gasteiger partial charge in [0.1, 0.15) is 5.69 Å². The minimum Gasteiger partial charge on any atom is -0.396 e. The molecule has 0 radical (unpaired) electrons. The van der Waals surface area contributed by atoms with Gasteiger partial charge in [0, 0.05) is 18.1 Å². The molecule has 4 N–H and O–H groups in total. The molecule has 0 saturated heterocycles. The quantitative estimate of drug-likeness (QED) is 0.491. The number of carbonyl (C=O) groups excluding carboxylic acids is 1. The van der Waals surface area contributed by atoms with E-state index in [9.17, 15) is 4.79 Å². The van der Waals surface area contributed by atoms with Gasteiger partial charge in [-0.05, 0) is 0 Å². The smallest absolute Gasteiger partial charge is 0.271 e. The molecule has 0 fully saturated rings. The van der Waals surface area contributed by atoms with Gasteiger partial charge >= 0.3 is 0 Å². The Morgan fingerprint density at radius 1 is 1.80 bits per heavy atom. The molecule has 82 valence electrons. The van der Waals surface area contributed by atoms with Crippen molar-refractivity contribution in [2.75, 3.05) is 23.8 Å². The van der Waals surface area contributed by atoms with Gasteiger partial charge in [0.15, 0.2) is 0 Å². The first kappa shape index (κ1) is 11.6. The van der Waals surface area contributed by atoms with E-state index in [1.807, 2.05) is 6.08 Å². The number of aromatic nitrogens is 2. The SMILES string of the molecule is C=CCSCCNC(=O)c1[nH]ncc1N. The molecule has 0 unspecified atom stereocenters. The van der Waals surface area contributed by atoms with Gasteiger partial charge in [-0.1, -0.05) is 6.08 Å². The van der Waals surface area contributed by atoms with Gasteiger partial charge in [-0.25, -0.2) is 0 Å². The third-order valence-electron chi connectivity index (χ3n) is 1.66. The summed E-state index contributed by atoms with van der Waals surface area (Å²) in [5.74, 6) is 1.53. The van der Waals surface area contributed by atoms with Crippen LogP contribution < -0.4 is 11.1 Å². The Balaban J connectivity index is 2.25. The number of hydrogen-bond donors (Lipinski definition) is 3. The maximum absolute atomic E-state index is 11.5. The molecule has 1 heterocycles. The molecule has 0 bridgehead atoms. The summed E-state index contributed by atoms with van der Waals surface area (Å²) in [6, 6.07) is 0. The summed E-state index contributed by atoms with van der Waals surface area (Å²) in [6.07, 6.45) is 3.25. The number of nitrogen functional groups attached to an aromatic ring is 1. The second kappa shape index (κ2) is 6.13. The number of carbonyl (C=O) groups is 1. The van der Waals surface area contributed by atoms with E-state index in [4.69, 9.17) is 5.73 Å². The Hall–Kier alpha value is -1.43. The standard InChI is InChI=1S/C9H14N4OS/c1-2-4-15-5-3-11-9(14)8-7(10)6-12-13-8/h2,6H,1,3-5,10H2,(H,11,14)(H,12,13). The number of nitrogens with two attached hydrogens (primary N) is 1. The van der Waals surface area contributed by atoms with Gasteiger partial charge < -0.3 is 11.1 Å². The molecule has 0 saturated carbocycles. The molecular formula is C9H14N4OS. The number of nitrogens with zero attached hydrogens (tertiary/aromatic N) is 1. The average molecular weight is 226 g/mol. The first-order chi connectivity index (χ1) is 7.25. The number of hydrogen-bond acceptors (Lipinski definition) is 4. The van der Waals surface area contributed by atoms with Gasteiger partial charge in [-0.3, -0.25) is 9.89 Å². The summed E-state index contributed by atoms with van der Waals surface area (Å²) in [5.41, 5.74) is 6.21. The van der Waals surface area contributed by atoms with Crippen LogP contribution in [0.4, 0.5) is 5.69 Å². The van der Waals surface area contributed by atoms with Crippen LogP contribution in [0.25, 0.3) is 0 Å². The molecule has 15 heavy (non-hydrogen) atoms. The fourth-order valence-corrected chi connectivity index (χ4v) is 1.55. The fraction of sp³-hybridized carbons (Fsp3) is 0.333. The predicted octanol–water partition coefficient (Wildman–Crippen LogP) is 0.641. The van der Waals surface area contributed by atoms with Crippen LogP contribution in [0, 0.1) is 0 Å². The van der Waals surface area contributed by atoms with Crippen LogP contribution in [0.5, 0.6) is 0 Å². The van der Waals surface area contributed by atoms with Crippen molar-refractivity contribution >= 4 is 23.4 Å². The Bertz CT molecular complexity index is 337. The highest BCUT2D eigenvalue weighted by Gasteiger charge is 2.10. The van der Waals surface area contributed by atoms with Crippen LogP contribution in [0.15, 0.2) is 18.9 Å². The van der Waals surface area contributed by atoms with Crippen molar-refractivity contribution in [3.8, 4) is 0 Å². The summed E-state index contributed by atoms with van der Waals surface area (Å²) < 4.78 is 0. The molecule has 0 aliphatic rings. The third kappa shape index (κ3) is 3.67. The van der Waals surface area contributed by atoms with Crippen LogP contribution in [-0.2, 0) is 0 Å². The highest BCUT2D eigenvalue weighted by atomic mass is 32.2. The number of aromatic amines is 1. The normalized spacial score (nSPS) is 9.87. The van der Waals surface area contributed by atoms with E-state index in [1.165, 1.54) is 6.20 Å². The highest BCUT2D eigenvalue weighted by molar-refractivity contribution is 7.99.